The second-order valence-electron chi connectivity index (χ2n) is 7.49. The monoisotopic (exact) mass is 280 g/mol. The second-order valence-corrected chi connectivity index (χ2v) is 7.49. The van der Waals surface area contributed by atoms with Gasteiger partial charge in [-0.05, 0) is 57.8 Å². The van der Waals surface area contributed by atoms with Gasteiger partial charge in [0.1, 0.15) is 5.54 Å². The van der Waals surface area contributed by atoms with Crippen LogP contribution >= 0.6 is 0 Å². The van der Waals surface area contributed by atoms with E-state index in [9.17, 15) is 9.90 Å². The van der Waals surface area contributed by atoms with Crippen LogP contribution in [0.2, 0.25) is 0 Å². The van der Waals surface area contributed by atoms with Crippen LogP contribution in [-0.2, 0) is 4.79 Å². The van der Waals surface area contributed by atoms with Gasteiger partial charge in [-0.2, -0.15) is 0 Å². The Morgan fingerprint density at radius 2 is 1.90 bits per heavy atom. The lowest BCUT2D eigenvalue weighted by molar-refractivity contribution is -0.145. The first-order valence-electron chi connectivity index (χ1n) is 8.25. The highest BCUT2D eigenvalue weighted by molar-refractivity contribution is 5.79. The van der Waals surface area contributed by atoms with E-state index in [-0.39, 0.29) is 6.04 Å². The third-order valence-electron chi connectivity index (χ3n) is 5.73. The Kier molecular flexibility index (Phi) is 3.80. The van der Waals surface area contributed by atoms with E-state index in [0.717, 1.165) is 31.1 Å². The Morgan fingerprint density at radius 3 is 2.45 bits per heavy atom. The predicted molar refractivity (Wildman–Crippen MR) is 78.7 cm³/mol. The molecule has 4 heteroatoms. The average Bonchev–Trinajstić information content (AvgIpc) is 2.99. The van der Waals surface area contributed by atoms with Gasteiger partial charge in [-0.1, -0.05) is 6.42 Å². The minimum atomic E-state index is -0.684. The third-order valence-corrected chi connectivity index (χ3v) is 5.73. The Labute approximate surface area is 121 Å². The van der Waals surface area contributed by atoms with Crippen molar-refractivity contribution in [2.75, 3.05) is 13.1 Å². The number of likely N-dealkylation sites (tertiary alicyclic amines) is 1. The lowest BCUT2D eigenvalue weighted by atomic mass is 9.96. The quantitative estimate of drug-likeness (QED) is 0.828. The molecule has 2 aliphatic carbocycles. The van der Waals surface area contributed by atoms with Crippen LogP contribution in [0.1, 0.15) is 52.4 Å². The van der Waals surface area contributed by atoms with Crippen LogP contribution < -0.4 is 5.32 Å². The molecule has 1 aliphatic heterocycles. The lowest BCUT2D eigenvalue weighted by Crippen LogP contribution is -2.53. The predicted octanol–water partition coefficient (Wildman–Crippen LogP) is 2.09. The molecule has 3 aliphatic rings. The molecule has 0 spiro atoms. The molecule has 0 amide bonds. The standard InChI is InChI=1S/C16H28N2O2/c1-11(2)17-16(15(19)20)7-6-14(8-16)18-9-12-4-3-5-13(12)10-18/h11-14,17H,3-10H2,1-2H3,(H,19,20). The number of hydrogen-bond acceptors (Lipinski definition) is 3. The number of aliphatic carboxylic acids is 1. The van der Waals surface area contributed by atoms with E-state index in [1.54, 1.807) is 0 Å². The van der Waals surface area contributed by atoms with Crippen LogP contribution in [0.4, 0.5) is 0 Å². The Balaban J connectivity index is 1.65. The maximum Gasteiger partial charge on any atom is 0.323 e. The van der Waals surface area contributed by atoms with Crippen molar-refractivity contribution in [2.45, 2.75) is 70.0 Å². The zero-order valence-corrected chi connectivity index (χ0v) is 12.8. The fourth-order valence-electron chi connectivity index (χ4n) is 4.84. The van der Waals surface area contributed by atoms with E-state index in [1.165, 1.54) is 32.4 Å². The molecule has 4 nitrogen and oxygen atoms in total. The van der Waals surface area contributed by atoms with Gasteiger partial charge < -0.3 is 5.11 Å². The van der Waals surface area contributed by atoms with Crippen LogP contribution in [-0.4, -0.2) is 46.7 Å². The molecule has 2 saturated carbocycles. The molecule has 0 aromatic carbocycles. The summed E-state index contributed by atoms with van der Waals surface area (Å²) in [6.45, 7) is 6.51. The second kappa shape index (κ2) is 5.30. The highest BCUT2D eigenvalue weighted by Gasteiger charge is 2.49. The molecule has 1 heterocycles. The molecule has 0 aromatic rings. The maximum atomic E-state index is 11.7. The molecule has 3 rings (SSSR count). The topological polar surface area (TPSA) is 52.6 Å². The number of rotatable bonds is 4. The lowest BCUT2D eigenvalue weighted by Gasteiger charge is -2.30. The van der Waals surface area contributed by atoms with Crippen LogP contribution in [0.3, 0.4) is 0 Å². The minimum absolute atomic E-state index is 0.225. The fraction of sp³-hybridized carbons (Fsp3) is 0.938. The number of fused-ring (bicyclic) bond motifs is 1. The summed E-state index contributed by atoms with van der Waals surface area (Å²) in [6, 6.07) is 0.700. The third kappa shape index (κ3) is 2.48. The highest BCUT2D eigenvalue weighted by atomic mass is 16.4. The van der Waals surface area contributed by atoms with Gasteiger partial charge in [-0.3, -0.25) is 15.0 Å². The zero-order chi connectivity index (χ0) is 14.3. The molecule has 3 fully saturated rings. The molecule has 0 radical (unpaired) electrons. The van der Waals surface area contributed by atoms with E-state index in [1.807, 2.05) is 13.8 Å². The number of hydrogen-bond donors (Lipinski definition) is 2. The molecule has 4 unspecified atom stereocenters. The van der Waals surface area contributed by atoms with E-state index in [4.69, 9.17) is 0 Å². The van der Waals surface area contributed by atoms with Gasteiger partial charge in [0, 0.05) is 25.2 Å². The van der Waals surface area contributed by atoms with Crippen LogP contribution in [0.25, 0.3) is 0 Å². The number of carbonyl (C=O) groups is 1. The van der Waals surface area contributed by atoms with E-state index < -0.39 is 11.5 Å². The van der Waals surface area contributed by atoms with Crippen molar-refractivity contribution in [3.05, 3.63) is 0 Å². The van der Waals surface area contributed by atoms with Gasteiger partial charge >= 0.3 is 5.97 Å². The summed E-state index contributed by atoms with van der Waals surface area (Å²) in [5.74, 6) is 1.13. The highest BCUT2D eigenvalue weighted by Crippen LogP contribution is 2.42. The molecule has 0 aromatic heterocycles. The van der Waals surface area contributed by atoms with Gasteiger partial charge in [-0.15, -0.1) is 0 Å². The van der Waals surface area contributed by atoms with E-state index in [0.29, 0.717) is 6.04 Å². The number of nitrogens with zero attached hydrogens (tertiary/aromatic N) is 1. The largest absolute Gasteiger partial charge is 0.480 e. The minimum Gasteiger partial charge on any atom is -0.480 e. The molecule has 0 bridgehead atoms. The summed E-state index contributed by atoms with van der Waals surface area (Å²) in [5, 5.41) is 13.0. The van der Waals surface area contributed by atoms with Crippen molar-refractivity contribution in [1.29, 1.82) is 0 Å². The van der Waals surface area contributed by atoms with Crippen LogP contribution in [0, 0.1) is 11.8 Å². The molecule has 20 heavy (non-hydrogen) atoms. The summed E-state index contributed by atoms with van der Waals surface area (Å²) in [5.41, 5.74) is -0.684. The van der Waals surface area contributed by atoms with E-state index >= 15 is 0 Å². The SMILES string of the molecule is CC(C)NC1(C(=O)O)CCC(N2CC3CCCC3C2)C1. The first-order valence-corrected chi connectivity index (χ1v) is 8.25. The van der Waals surface area contributed by atoms with Crippen molar-refractivity contribution in [3.63, 3.8) is 0 Å². The van der Waals surface area contributed by atoms with Crippen LogP contribution in [0.15, 0.2) is 0 Å². The molecule has 1 saturated heterocycles. The van der Waals surface area contributed by atoms with E-state index in [2.05, 4.69) is 10.2 Å². The van der Waals surface area contributed by atoms with Crippen molar-refractivity contribution in [2.24, 2.45) is 11.8 Å². The van der Waals surface area contributed by atoms with Crippen LogP contribution in [0.5, 0.6) is 0 Å². The molecule has 4 atom stereocenters. The number of carboxylic acid groups (broad SMARTS) is 1. The van der Waals surface area contributed by atoms with Gasteiger partial charge in [0.25, 0.3) is 0 Å². The van der Waals surface area contributed by atoms with Crippen molar-refractivity contribution in [1.82, 2.24) is 10.2 Å². The number of nitrogens with one attached hydrogen (secondary N) is 1. The first-order chi connectivity index (χ1) is 9.50. The van der Waals surface area contributed by atoms with Gasteiger partial charge in [0.2, 0.25) is 0 Å². The normalized spacial score (nSPS) is 41.5. The molecule has 2 N–H and O–H groups in total. The first kappa shape index (κ1) is 14.3. The van der Waals surface area contributed by atoms with Crippen molar-refractivity contribution >= 4 is 5.97 Å². The number of carboxylic acids is 1. The maximum absolute atomic E-state index is 11.7. The average molecular weight is 280 g/mol. The summed E-state index contributed by atoms with van der Waals surface area (Å²) >= 11 is 0. The Morgan fingerprint density at radius 1 is 1.25 bits per heavy atom. The van der Waals surface area contributed by atoms with Gasteiger partial charge in [0.05, 0.1) is 0 Å². The molecule has 114 valence electrons. The van der Waals surface area contributed by atoms with Gasteiger partial charge in [-0.25, -0.2) is 0 Å². The zero-order valence-electron chi connectivity index (χ0n) is 12.8. The van der Waals surface area contributed by atoms with Crippen molar-refractivity contribution in [3.8, 4) is 0 Å². The fourth-order valence-corrected chi connectivity index (χ4v) is 4.84. The smallest absolute Gasteiger partial charge is 0.323 e. The Bertz CT molecular complexity index is 373. The summed E-state index contributed by atoms with van der Waals surface area (Å²) in [6.07, 6.45) is 6.77. The summed E-state index contributed by atoms with van der Waals surface area (Å²) < 4.78 is 0. The summed E-state index contributed by atoms with van der Waals surface area (Å²) in [7, 11) is 0. The molecular weight excluding hydrogens is 252 g/mol. The van der Waals surface area contributed by atoms with Gasteiger partial charge in [0.15, 0.2) is 0 Å². The Hall–Kier alpha value is -0.610. The molecular formula is C16H28N2O2. The summed E-state index contributed by atoms with van der Waals surface area (Å²) in [4.78, 5) is 14.3. The van der Waals surface area contributed by atoms with Crippen molar-refractivity contribution < 1.29 is 9.90 Å².